The molecule has 9 atom stereocenters. The molecule has 32 heteroatoms. The van der Waals surface area contributed by atoms with E-state index < -0.39 is 95.0 Å². The van der Waals surface area contributed by atoms with Crippen molar-refractivity contribution in [2.75, 3.05) is 33.9 Å². The van der Waals surface area contributed by atoms with Crippen molar-refractivity contribution in [1.29, 1.82) is 0 Å². The number of carbonyl (C=O) groups excluding carboxylic acids is 8. The number of benzene rings is 6. The molecule has 0 spiro atoms. The van der Waals surface area contributed by atoms with Gasteiger partial charge in [-0.2, -0.15) is 0 Å². The first-order valence-corrected chi connectivity index (χ1v) is 42.5. The van der Waals surface area contributed by atoms with Gasteiger partial charge in [-0.25, -0.2) is 23.7 Å². The van der Waals surface area contributed by atoms with Crippen LogP contribution in [0.3, 0.4) is 0 Å². The molecule has 8 N–H and O–H groups in total. The number of nitrogens with one attached hydrogen (secondary N) is 3. The molecule has 0 bridgehead atoms. The van der Waals surface area contributed by atoms with Gasteiger partial charge in [0.1, 0.15) is 53.1 Å². The van der Waals surface area contributed by atoms with Crippen LogP contribution in [-0.2, 0) is 49.4 Å². The van der Waals surface area contributed by atoms with E-state index in [2.05, 4.69) is 52.5 Å². The second-order valence-corrected chi connectivity index (χ2v) is 34.7. The number of likely N-dealkylation sites (tertiary alicyclic amines) is 3. The molecular formula is C93H120LiN15O16. The van der Waals surface area contributed by atoms with Gasteiger partial charge in [0.05, 0.1) is 56.1 Å². The maximum atomic E-state index is 14.2. The first-order chi connectivity index (χ1) is 58.3. The predicted octanol–water partition coefficient (Wildman–Crippen LogP) is 9.61. The van der Waals surface area contributed by atoms with Crippen molar-refractivity contribution >= 4 is 85.7 Å². The van der Waals surface area contributed by atoms with E-state index in [9.17, 15) is 58.5 Å². The Balaban J connectivity index is 0.000000223. The van der Waals surface area contributed by atoms with E-state index in [1.54, 1.807) is 64.4 Å². The van der Waals surface area contributed by atoms with Crippen LogP contribution < -0.4 is 34.8 Å². The summed E-state index contributed by atoms with van der Waals surface area (Å²) in [4.78, 5) is 127. The maximum Gasteiger partial charge on any atom is 1.00 e. The summed E-state index contributed by atoms with van der Waals surface area (Å²) < 4.78 is 13.1. The Morgan fingerprint density at radius 3 is 1.10 bits per heavy atom. The van der Waals surface area contributed by atoms with Crippen molar-refractivity contribution in [3.8, 4) is 12.3 Å². The van der Waals surface area contributed by atoms with E-state index in [1.807, 2.05) is 109 Å². The zero-order valence-corrected chi connectivity index (χ0v) is 72.3. The number of nitrogens with zero attached hydrogens (tertiary/aromatic N) is 12. The minimum Gasteiger partial charge on any atom is -0.870 e. The number of methoxy groups -OCH3 is 2. The molecule has 2 aromatic heterocycles. The van der Waals surface area contributed by atoms with Crippen molar-refractivity contribution < 1.29 is 97.4 Å². The van der Waals surface area contributed by atoms with Crippen LogP contribution in [-0.4, -0.2) is 206 Å². The smallest absolute Gasteiger partial charge is 0.870 e. The first-order valence-electron chi connectivity index (χ1n) is 42.5. The van der Waals surface area contributed by atoms with Gasteiger partial charge in [-0.3, -0.25) is 28.8 Å². The summed E-state index contributed by atoms with van der Waals surface area (Å²) in [6, 6.07) is 33.2. The predicted molar refractivity (Wildman–Crippen MR) is 467 cm³/mol. The Labute approximate surface area is 742 Å². The number of hydrogen-bond donors (Lipinski definition) is 7. The van der Waals surface area contributed by atoms with E-state index in [0.29, 0.717) is 59.2 Å². The van der Waals surface area contributed by atoms with E-state index in [4.69, 9.17) is 26.5 Å². The zero-order chi connectivity index (χ0) is 87.6. The topological polar surface area (TPSA) is 439 Å². The molecule has 0 radical (unpaired) electrons. The average molecular weight is 1710 g/mol. The first kappa shape index (κ1) is 99.3. The number of ether oxygens (including phenoxy) is 2. The number of azide groups is 1. The molecule has 3 aliphatic carbocycles. The summed E-state index contributed by atoms with van der Waals surface area (Å²) >= 11 is 0. The minimum absolute atomic E-state index is 0. The quantitative estimate of drug-likeness (QED) is 0.00782. The zero-order valence-electron chi connectivity index (χ0n) is 72.3. The fraction of sp³-hybridized carbons (Fsp3) is 0.516. The van der Waals surface area contributed by atoms with Crippen molar-refractivity contribution in [3.63, 3.8) is 0 Å². The van der Waals surface area contributed by atoms with Crippen molar-refractivity contribution in [2.45, 2.75) is 255 Å². The molecule has 3 aliphatic heterocycles. The Kier molecular flexibility index (Phi) is 35.9. The van der Waals surface area contributed by atoms with Crippen molar-refractivity contribution in [3.05, 3.63) is 178 Å². The van der Waals surface area contributed by atoms with Gasteiger partial charge in [-0.05, 0) is 159 Å². The average Bonchev–Trinajstić information content (AvgIpc) is 1.62. The normalized spacial score (nSPS) is 19.9. The number of carboxylic acids is 1. The number of aliphatic hydroxyl groups is 3. The molecule has 0 unspecified atom stereocenters. The van der Waals surface area contributed by atoms with E-state index in [0.717, 1.165) is 116 Å². The van der Waals surface area contributed by atoms with Crippen LogP contribution in [0.4, 0.5) is 0 Å². The molecule has 14 rings (SSSR count). The molecule has 125 heavy (non-hydrogen) atoms. The Hall–Kier alpha value is -11.1. The maximum absolute atomic E-state index is 14.2. The number of hydrogen-bond acceptors (Lipinski definition) is 20. The van der Waals surface area contributed by atoms with Gasteiger partial charge >= 0.3 is 36.8 Å². The standard InChI is InChI=1S/C31H39N5O5.C30H37N5O5.C26H31N5O4.C5H8O.CH4.Li.H2O/c1-31(2,40)27-18-32-34-36(27)24-17-26(30(39)41-3)35(19-24)29(38)25(15-20-9-5-4-6-10-20)33-28(37)23-14-13-21-11-7-8-12-22(21)16-23;1-30(2,40)26-17-31-33-35(26)23-16-25(29(38)39)34(18-23)28(37)24(14-19-8-4-3-5-9-19)32-27(36)22-13-12-20-10-6-7-11-21(20)15-22;1-35-26(34)23-15-21(29-30-27)16-31(23)25(33)22(13-17-7-3-2-4-8-17)28-24(32)20-12-11-18-9-5-6-10-19(18)14-20;1-4-5(2,3)6;;;/h7-8,11-14,16,18,20,24-26,40H,4-6,9-10,15,17,19H2,1-3H3,(H,33,37);6-7,10-13,15,17,19,23-25,40H,3-5,8-9,14,16,18H2,1-2H3,(H,32,36)(H,38,39);5-6,9-12,14,17,21-23H,2-4,7-8,13,15-16H2,1H3,(H,28,32);1,6H,2-3H3;1H4;;1H2/q;;;;;+1;/p-1/t24-,25+,26-;23-,24+,25-;21-,22+,23-;;;;/m000..../s1. The van der Waals surface area contributed by atoms with Gasteiger partial charge in [-0.15, -0.1) is 16.6 Å². The number of aromatic nitrogens is 6. The summed E-state index contributed by atoms with van der Waals surface area (Å²) in [5, 5.41) is 74.6. The van der Waals surface area contributed by atoms with Crippen molar-refractivity contribution in [2.24, 2.45) is 22.9 Å². The van der Waals surface area contributed by atoms with E-state index in [1.165, 1.54) is 58.8 Å². The number of amides is 6. The number of carbonyl (C=O) groups is 9. The molecule has 5 heterocycles. The number of esters is 2. The van der Waals surface area contributed by atoms with Crippen LogP contribution >= 0.6 is 0 Å². The van der Waals surface area contributed by atoms with Crippen LogP contribution in [0.5, 0.6) is 0 Å². The fourth-order valence-corrected chi connectivity index (χ4v) is 17.8. The van der Waals surface area contributed by atoms with Gasteiger partial charge in [0, 0.05) is 54.1 Å². The molecule has 6 aromatic carbocycles. The van der Waals surface area contributed by atoms with E-state index in [-0.39, 0.29) is 106 Å². The number of terminal acetylenes is 1. The molecule has 31 nitrogen and oxygen atoms in total. The molecular weight excluding hydrogens is 1590 g/mol. The third-order valence-electron chi connectivity index (χ3n) is 24.3. The van der Waals surface area contributed by atoms with Gasteiger partial charge in [0.2, 0.25) is 17.7 Å². The van der Waals surface area contributed by atoms with Crippen LogP contribution in [0.25, 0.3) is 42.8 Å². The van der Waals surface area contributed by atoms with Gasteiger partial charge in [-0.1, -0.05) is 216 Å². The molecule has 6 amide bonds. The van der Waals surface area contributed by atoms with Crippen LogP contribution in [0.1, 0.15) is 238 Å². The van der Waals surface area contributed by atoms with Crippen molar-refractivity contribution in [1.82, 2.24) is 60.6 Å². The fourth-order valence-electron chi connectivity index (χ4n) is 17.8. The Morgan fingerprint density at radius 1 is 0.496 bits per heavy atom. The largest absolute Gasteiger partial charge is 1.00 e. The molecule has 6 fully saturated rings. The Bertz CT molecular complexity index is 5120. The third kappa shape index (κ3) is 26.1. The van der Waals surface area contributed by atoms with Gasteiger partial charge in [0.25, 0.3) is 17.7 Å². The summed E-state index contributed by atoms with van der Waals surface area (Å²) in [7, 11) is 2.57. The SMILES string of the molecule is C.C#CC(C)(C)O.CC(C)(O)c1cnnn1[C@H]1C[C@@H](C(=O)O)N(C(=O)[C@@H](CC2CCCCC2)NC(=O)c2ccc3ccccc3c2)C1.COC(=O)[C@@H]1C[C@H](N=[N+]=[N-])CN1C(=O)[C@@H](CC1CCCCC1)NC(=O)c1ccc2ccccc2c1.COC(=O)[C@@H]1C[C@H](n2nncc2C(C)(C)O)CN1C(=O)[C@@H](CC1CCCCC1)NC(=O)c1ccc2ccccc2c1.[Li+].[OH-]. The number of rotatable bonds is 23. The number of aliphatic carboxylic acids is 1. The summed E-state index contributed by atoms with van der Waals surface area (Å²) in [6.07, 6.45) is 25.9. The van der Waals surface area contributed by atoms with Crippen LogP contribution in [0.2, 0.25) is 0 Å². The molecule has 3 saturated carbocycles. The molecule has 8 aromatic rings. The molecule has 6 aliphatic rings. The second kappa shape index (κ2) is 45.2. The summed E-state index contributed by atoms with van der Waals surface area (Å²) in [5.41, 5.74) is 7.82. The summed E-state index contributed by atoms with van der Waals surface area (Å²) in [6.45, 7) is 10.0. The van der Waals surface area contributed by atoms with E-state index >= 15 is 0 Å². The van der Waals surface area contributed by atoms with Crippen LogP contribution in [0, 0.1) is 30.1 Å². The molecule has 3 saturated heterocycles. The van der Waals surface area contributed by atoms with Crippen LogP contribution in [0.15, 0.2) is 145 Å². The van der Waals surface area contributed by atoms with Gasteiger partial charge in [0.15, 0.2) is 0 Å². The van der Waals surface area contributed by atoms with Gasteiger partial charge < -0.3 is 66.0 Å². The minimum atomic E-state index is -1.24. The number of carboxylic acid groups (broad SMARTS) is 1. The monoisotopic (exact) mass is 1710 g/mol. The number of fused-ring (bicyclic) bond motifs is 3. The second-order valence-electron chi connectivity index (χ2n) is 34.7. The summed E-state index contributed by atoms with van der Waals surface area (Å²) in [5.74, 6) is -1.19. The Morgan fingerprint density at radius 2 is 0.800 bits per heavy atom. The molecule has 664 valence electrons. The third-order valence-corrected chi connectivity index (χ3v) is 24.3.